The molecule has 3 heterocycles. The van der Waals surface area contributed by atoms with Gasteiger partial charge in [0, 0.05) is 18.8 Å². The molecular formula is C13H19N5. The third kappa shape index (κ3) is 1.84. The van der Waals surface area contributed by atoms with Gasteiger partial charge in [-0.15, -0.1) is 0 Å². The maximum absolute atomic E-state index is 6.08. The lowest BCUT2D eigenvalue weighted by Gasteiger charge is -2.33. The minimum atomic E-state index is 0.436. The van der Waals surface area contributed by atoms with E-state index in [-0.39, 0.29) is 0 Å². The van der Waals surface area contributed by atoms with Crippen LogP contribution in [0.25, 0.3) is 11.0 Å². The van der Waals surface area contributed by atoms with E-state index in [1.54, 1.807) is 12.4 Å². The van der Waals surface area contributed by atoms with E-state index in [1.807, 2.05) is 6.07 Å². The van der Waals surface area contributed by atoms with Crippen molar-refractivity contribution in [2.75, 3.05) is 25.4 Å². The number of rotatable bonds is 2. The Morgan fingerprint density at radius 1 is 1.50 bits per heavy atom. The summed E-state index contributed by atoms with van der Waals surface area (Å²) in [6, 6.07) is 2.44. The van der Waals surface area contributed by atoms with Gasteiger partial charge in [0.25, 0.3) is 0 Å². The van der Waals surface area contributed by atoms with Gasteiger partial charge in [0.15, 0.2) is 0 Å². The Morgan fingerprint density at radius 2 is 2.39 bits per heavy atom. The Kier molecular flexibility index (Phi) is 2.91. The number of imidazole rings is 1. The highest BCUT2D eigenvalue weighted by Crippen LogP contribution is 2.28. The minimum absolute atomic E-state index is 0.436. The first kappa shape index (κ1) is 11.5. The zero-order valence-electron chi connectivity index (χ0n) is 10.7. The van der Waals surface area contributed by atoms with Gasteiger partial charge < -0.3 is 15.2 Å². The topological polar surface area (TPSA) is 60.0 Å². The highest BCUT2D eigenvalue weighted by atomic mass is 15.2. The van der Waals surface area contributed by atoms with Crippen molar-refractivity contribution < 1.29 is 0 Å². The second kappa shape index (κ2) is 4.57. The molecule has 1 atom stereocenters. The summed E-state index contributed by atoms with van der Waals surface area (Å²) in [5.74, 6) is 0.612. The van der Waals surface area contributed by atoms with Crippen LogP contribution < -0.4 is 5.73 Å². The van der Waals surface area contributed by atoms with Crippen LogP contribution in [0.2, 0.25) is 0 Å². The quantitative estimate of drug-likeness (QED) is 0.874. The minimum Gasteiger partial charge on any atom is -0.369 e. The summed E-state index contributed by atoms with van der Waals surface area (Å²) in [6.45, 7) is 5.57. The van der Waals surface area contributed by atoms with Crippen LogP contribution in [-0.2, 0) is 0 Å². The number of nitrogens with two attached hydrogens (primary N) is 1. The lowest BCUT2D eigenvalue weighted by molar-refractivity contribution is 0.188. The molecule has 1 saturated heterocycles. The molecule has 18 heavy (non-hydrogen) atoms. The molecule has 0 bridgehead atoms. The third-order valence-electron chi connectivity index (χ3n) is 3.81. The van der Waals surface area contributed by atoms with Crippen LogP contribution in [0.5, 0.6) is 0 Å². The SMILES string of the molecule is CCN1CCCC(n2c(N)nc3cnccc32)C1. The average molecular weight is 245 g/mol. The molecule has 2 N–H and O–H groups in total. The van der Waals surface area contributed by atoms with E-state index in [2.05, 4.69) is 26.4 Å². The number of hydrogen-bond donors (Lipinski definition) is 1. The molecule has 0 spiro atoms. The predicted octanol–water partition coefficient (Wildman–Crippen LogP) is 1.67. The van der Waals surface area contributed by atoms with Gasteiger partial charge in [-0.3, -0.25) is 4.98 Å². The summed E-state index contributed by atoms with van der Waals surface area (Å²) < 4.78 is 2.18. The Morgan fingerprint density at radius 3 is 3.22 bits per heavy atom. The van der Waals surface area contributed by atoms with Gasteiger partial charge in [-0.05, 0) is 32.0 Å². The van der Waals surface area contributed by atoms with Crippen molar-refractivity contribution in [3.63, 3.8) is 0 Å². The number of pyridine rings is 1. The standard InChI is InChI=1S/C13H19N5/c1-2-17-7-3-4-10(9-17)18-12-5-6-15-8-11(12)16-13(18)14/h5-6,8,10H,2-4,7,9H2,1H3,(H2,14,16). The fourth-order valence-corrected chi connectivity index (χ4v) is 2.88. The first-order chi connectivity index (χ1) is 8.79. The monoisotopic (exact) mass is 245 g/mol. The van der Waals surface area contributed by atoms with Crippen molar-refractivity contribution in [2.24, 2.45) is 0 Å². The van der Waals surface area contributed by atoms with E-state index in [0.29, 0.717) is 12.0 Å². The van der Waals surface area contributed by atoms with Gasteiger partial charge in [0.05, 0.1) is 11.7 Å². The van der Waals surface area contributed by atoms with Gasteiger partial charge >= 0.3 is 0 Å². The number of likely N-dealkylation sites (tertiary alicyclic amines) is 1. The summed E-state index contributed by atoms with van der Waals surface area (Å²) >= 11 is 0. The Hall–Kier alpha value is -1.62. The highest BCUT2D eigenvalue weighted by molar-refractivity contribution is 5.77. The third-order valence-corrected chi connectivity index (χ3v) is 3.81. The summed E-state index contributed by atoms with van der Waals surface area (Å²) in [7, 11) is 0. The maximum Gasteiger partial charge on any atom is 0.201 e. The smallest absolute Gasteiger partial charge is 0.201 e. The molecular weight excluding hydrogens is 226 g/mol. The van der Waals surface area contributed by atoms with Crippen LogP contribution in [0.3, 0.4) is 0 Å². The molecule has 1 aliphatic heterocycles. The second-order valence-electron chi connectivity index (χ2n) is 4.89. The Bertz CT molecular complexity index is 547. The van der Waals surface area contributed by atoms with Crippen molar-refractivity contribution in [1.29, 1.82) is 0 Å². The van der Waals surface area contributed by atoms with Crippen LogP contribution in [-0.4, -0.2) is 39.1 Å². The number of hydrogen-bond acceptors (Lipinski definition) is 4. The van der Waals surface area contributed by atoms with Crippen molar-refractivity contribution in [2.45, 2.75) is 25.8 Å². The summed E-state index contributed by atoms with van der Waals surface area (Å²) in [4.78, 5) is 11.0. The van der Waals surface area contributed by atoms with Crippen LogP contribution in [0, 0.1) is 0 Å². The van der Waals surface area contributed by atoms with Crippen LogP contribution in [0.4, 0.5) is 5.95 Å². The molecule has 1 unspecified atom stereocenters. The first-order valence-corrected chi connectivity index (χ1v) is 6.59. The van der Waals surface area contributed by atoms with Crippen LogP contribution in [0.15, 0.2) is 18.5 Å². The fraction of sp³-hybridized carbons (Fsp3) is 0.538. The second-order valence-corrected chi connectivity index (χ2v) is 4.89. The molecule has 0 aromatic carbocycles. The number of anilines is 1. The van der Waals surface area contributed by atoms with E-state index in [0.717, 1.165) is 24.1 Å². The highest BCUT2D eigenvalue weighted by Gasteiger charge is 2.23. The molecule has 96 valence electrons. The molecule has 1 fully saturated rings. The predicted molar refractivity (Wildman–Crippen MR) is 72.3 cm³/mol. The van der Waals surface area contributed by atoms with Gasteiger partial charge in [-0.1, -0.05) is 6.92 Å². The number of nitrogen functional groups attached to an aromatic ring is 1. The molecule has 5 heteroatoms. The van der Waals surface area contributed by atoms with E-state index in [9.17, 15) is 0 Å². The average Bonchev–Trinajstić information content (AvgIpc) is 2.74. The molecule has 0 amide bonds. The van der Waals surface area contributed by atoms with Gasteiger partial charge in [0.1, 0.15) is 5.52 Å². The Balaban J connectivity index is 2.00. The molecule has 0 saturated carbocycles. The van der Waals surface area contributed by atoms with E-state index < -0.39 is 0 Å². The van der Waals surface area contributed by atoms with Crippen molar-refractivity contribution >= 4 is 17.0 Å². The van der Waals surface area contributed by atoms with Crippen molar-refractivity contribution in [1.82, 2.24) is 19.4 Å². The molecule has 2 aromatic heterocycles. The Labute approximate surface area is 107 Å². The molecule has 1 aliphatic rings. The van der Waals surface area contributed by atoms with E-state index in [4.69, 9.17) is 5.73 Å². The zero-order chi connectivity index (χ0) is 12.5. The summed E-state index contributed by atoms with van der Waals surface area (Å²) in [6.07, 6.45) is 5.99. The van der Waals surface area contributed by atoms with E-state index in [1.165, 1.54) is 19.4 Å². The van der Waals surface area contributed by atoms with Gasteiger partial charge in [-0.25, -0.2) is 4.98 Å². The maximum atomic E-state index is 6.08. The lowest BCUT2D eigenvalue weighted by Crippen LogP contribution is -2.36. The number of fused-ring (bicyclic) bond motifs is 1. The first-order valence-electron chi connectivity index (χ1n) is 6.59. The zero-order valence-corrected chi connectivity index (χ0v) is 10.7. The lowest BCUT2D eigenvalue weighted by atomic mass is 10.1. The number of nitrogens with zero attached hydrogens (tertiary/aromatic N) is 4. The number of likely N-dealkylation sites (N-methyl/N-ethyl adjacent to an activating group) is 1. The largest absolute Gasteiger partial charge is 0.369 e. The van der Waals surface area contributed by atoms with Crippen LogP contribution in [0.1, 0.15) is 25.8 Å². The molecule has 5 nitrogen and oxygen atoms in total. The molecule has 0 radical (unpaired) electrons. The molecule has 3 rings (SSSR count). The van der Waals surface area contributed by atoms with Crippen molar-refractivity contribution in [3.05, 3.63) is 18.5 Å². The fourth-order valence-electron chi connectivity index (χ4n) is 2.88. The molecule has 0 aliphatic carbocycles. The van der Waals surface area contributed by atoms with Gasteiger partial charge in [-0.2, -0.15) is 0 Å². The number of aromatic nitrogens is 3. The molecule has 2 aromatic rings. The summed E-state index contributed by atoms with van der Waals surface area (Å²) in [5.41, 5.74) is 8.07. The number of piperidine rings is 1. The van der Waals surface area contributed by atoms with Gasteiger partial charge in [0.2, 0.25) is 5.95 Å². The van der Waals surface area contributed by atoms with Crippen LogP contribution >= 0.6 is 0 Å². The van der Waals surface area contributed by atoms with E-state index >= 15 is 0 Å². The van der Waals surface area contributed by atoms with Crippen molar-refractivity contribution in [3.8, 4) is 0 Å². The normalized spacial score (nSPS) is 21.5. The summed E-state index contributed by atoms with van der Waals surface area (Å²) in [5, 5.41) is 0.